The third-order valence-electron chi connectivity index (χ3n) is 2.40. The van der Waals surface area contributed by atoms with Crippen LogP contribution in [-0.4, -0.2) is 7.11 Å². The van der Waals surface area contributed by atoms with Gasteiger partial charge < -0.3 is 4.74 Å². The zero-order chi connectivity index (χ0) is 9.97. The van der Waals surface area contributed by atoms with E-state index in [1.165, 1.54) is 16.3 Å². The number of hydrogen-bond acceptors (Lipinski definition) is 1. The Morgan fingerprint density at radius 2 is 1.67 bits per heavy atom. The van der Waals surface area contributed by atoms with E-state index in [-0.39, 0.29) is 27.3 Å². The number of hydrogen-bond donors (Lipinski definition) is 0. The van der Waals surface area contributed by atoms with E-state index in [9.17, 15) is 0 Å². The van der Waals surface area contributed by atoms with Crippen molar-refractivity contribution in [2.45, 2.75) is 6.92 Å². The van der Waals surface area contributed by atoms with Crippen LogP contribution in [0, 0.1) is 6.42 Å². The number of ether oxygens (including phenoxy) is 1. The predicted octanol–water partition coefficient (Wildman–Crippen LogP) is 3.42. The van der Waals surface area contributed by atoms with Crippen LogP contribution in [0.5, 0.6) is 5.75 Å². The maximum atomic E-state index is 5.17. The van der Waals surface area contributed by atoms with Crippen molar-refractivity contribution in [2.24, 2.45) is 0 Å². The van der Waals surface area contributed by atoms with Crippen molar-refractivity contribution in [2.75, 3.05) is 7.11 Å². The Kier molecular flexibility index (Phi) is 4.45. The van der Waals surface area contributed by atoms with Gasteiger partial charge in [-0.2, -0.15) is 24.1 Å². The summed E-state index contributed by atoms with van der Waals surface area (Å²) in [7, 11) is 1.69. The zero-order valence-corrected chi connectivity index (χ0v) is 13.2. The first-order valence-corrected chi connectivity index (χ1v) is 4.70. The van der Waals surface area contributed by atoms with Gasteiger partial charge in [0.05, 0.1) is 7.11 Å². The molecule has 0 heterocycles. The number of rotatable bonds is 2. The van der Waals surface area contributed by atoms with Gasteiger partial charge in [-0.25, -0.2) is 0 Å². The molecule has 0 saturated heterocycles. The molecule has 0 aliphatic heterocycles. The second kappa shape index (κ2) is 5.40. The minimum atomic E-state index is 0. The maximum absolute atomic E-state index is 5.17. The SMILES string of the molecule is C[CH-]c1ccc2cc(OC)ccc2c1.[Cd]. The van der Waals surface area contributed by atoms with Crippen molar-refractivity contribution >= 4 is 10.8 Å². The summed E-state index contributed by atoms with van der Waals surface area (Å²) in [6.45, 7) is 2.05. The van der Waals surface area contributed by atoms with E-state index >= 15 is 0 Å². The van der Waals surface area contributed by atoms with Crippen molar-refractivity contribution in [1.29, 1.82) is 0 Å². The summed E-state index contributed by atoms with van der Waals surface area (Å²) in [6.07, 6.45) is 2.10. The van der Waals surface area contributed by atoms with Crippen molar-refractivity contribution in [3.05, 3.63) is 48.4 Å². The maximum Gasteiger partial charge on any atom is 0.119 e. The summed E-state index contributed by atoms with van der Waals surface area (Å²) in [5, 5.41) is 2.47. The molecule has 0 bridgehead atoms. The Bertz CT molecular complexity index is 408. The Labute approximate surface area is 111 Å². The van der Waals surface area contributed by atoms with Crippen molar-refractivity contribution < 1.29 is 32.0 Å². The quantitative estimate of drug-likeness (QED) is 0.610. The second-order valence-electron chi connectivity index (χ2n) is 3.26. The molecule has 2 heteroatoms. The fraction of sp³-hybridized carbons (Fsp3) is 0.154. The predicted molar refractivity (Wildman–Crippen MR) is 59.6 cm³/mol. The monoisotopic (exact) mass is 299 g/mol. The van der Waals surface area contributed by atoms with Gasteiger partial charge in [0.1, 0.15) is 5.75 Å². The average Bonchev–Trinajstić information content (AvgIpc) is 2.27. The molecular weight excluding hydrogens is 285 g/mol. The molecule has 1 nitrogen and oxygen atoms in total. The summed E-state index contributed by atoms with van der Waals surface area (Å²) in [5.74, 6) is 0.908. The topological polar surface area (TPSA) is 9.23 Å². The molecule has 0 unspecified atom stereocenters. The molecule has 0 atom stereocenters. The smallest absolute Gasteiger partial charge is 0.119 e. The summed E-state index contributed by atoms with van der Waals surface area (Å²) < 4.78 is 5.17. The van der Waals surface area contributed by atoms with Gasteiger partial charge in [-0.05, 0) is 17.5 Å². The molecule has 2 rings (SSSR count). The van der Waals surface area contributed by atoms with Gasteiger partial charge in [-0.3, -0.25) is 0 Å². The van der Waals surface area contributed by atoms with Gasteiger partial charge >= 0.3 is 0 Å². The van der Waals surface area contributed by atoms with Crippen LogP contribution in [0.3, 0.4) is 0 Å². The van der Waals surface area contributed by atoms with Crippen molar-refractivity contribution in [3.8, 4) is 5.75 Å². The molecule has 0 saturated carbocycles. The van der Waals surface area contributed by atoms with E-state index in [1.807, 2.05) is 13.0 Å². The number of methoxy groups -OCH3 is 1. The van der Waals surface area contributed by atoms with Gasteiger partial charge in [0, 0.05) is 27.3 Å². The molecule has 0 aliphatic rings. The van der Waals surface area contributed by atoms with Crippen LogP contribution in [0.4, 0.5) is 0 Å². The van der Waals surface area contributed by atoms with Crippen LogP contribution in [0.1, 0.15) is 12.5 Å². The Morgan fingerprint density at radius 1 is 1.00 bits per heavy atom. The Morgan fingerprint density at radius 3 is 2.33 bits per heavy atom. The van der Waals surface area contributed by atoms with Crippen LogP contribution in [0.25, 0.3) is 10.8 Å². The number of fused-ring (bicyclic) bond motifs is 1. The summed E-state index contributed by atoms with van der Waals surface area (Å²) >= 11 is 0. The van der Waals surface area contributed by atoms with Crippen LogP contribution < -0.4 is 4.74 Å². The van der Waals surface area contributed by atoms with Crippen LogP contribution in [-0.2, 0) is 27.3 Å². The van der Waals surface area contributed by atoms with E-state index in [0.29, 0.717) is 0 Å². The van der Waals surface area contributed by atoms with Crippen molar-refractivity contribution in [1.82, 2.24) is 0 Å². The summed E-state index contributed by atoms with van der Waals surface area (Å²) in [5.41, 5.74) is 1.25. The van der Waals surface area contributed by atoms with E-state index in [2.05, 4.69) is 36.8 Å². The molecule has 2 aromatic rings. The normalized spacial score (nSPS) is 9.47. The van der Waals surface area contributed by atoms with Crippen LogP contribution in [0.15, 0.2) is 36.4 Å². The minimum Gasteiger partial charge on any atom is -0.497 e. The molecule has 0 radical (unpaired) electrons. The molecule has 0 fully saturated rings. The molecule has 0 spiro atoms. The molecule has 0 aliphatic carbocycles. The van der Waals surface area contributed by atoms with Crippen LogP contribution in [0.2, 0.25) is 0 Å². The van der Waals surface area contributed by atoms with Gasteiger partial charge in [-0.1, -0.05) is 18.4 Å². The van der Waals surface area contributed by atoms with E-state index in [4.69, 9.17) is 4.74 Å². The van der Waals surface area contributed by atoms with E-state index < -0.39 is 0 Å². The molecule has 2 aromatic carbocycles. The molecule has 15 heavy (non-hydrogen) atoms. The fourth-order valence-electron chi connectivity index (χ4n) is 1.55. The fourth-order valence-corrected chi connectivity index (χ4v) is 1.55. The minimum absolute atomic E-state index is 0. The number of benzene rings is 2. The van der Waals surface area contributed by atoms with Gasteiger partial charge in [-0.15, -0.1) is 6.07 Å². The van der Waals surface area contributed by atoms with E-state index in [0.717, 1.165) is 5.75 Å². The van der Waals surface area contributed by atoms with Crippen LogP contribution >= 0.6 is 0 Å². The largest absolute Gasteiger partial charge is 0.497 e. The average molecular weight is 298 g/mol. The Balaban J connectivity index is 0.00000112. The Hall–Kier alpha value is -0.708. The molecule has 74 valence electrons. The standard InChI is InChI=1S/C13H13O.Cd/c1-3-10-4-5-12-9-13(14-2)7-6-11(12)8-10;/h3-9H,1-2H3;/q-1;. The van der Waals surface area contributed by atoms with Gasteiger partial charge in [0.2, 0.25) is 0 Å². The molecular formula is C13H13CdO-. The third kappa shape index (κ3) is 2.65. The second-order valence-corrected chi connectivity index (χ2v) is 3.26. The van der Waals surface area contributed by atoms with Gasteiger partial charge in [0.15, 0.2) is 0 Å². The molecule has 0 N–H and O–H groups in total. The molecule has 0 amide bonds. The first kappa shape index (κ1) is 12.4. The van der Waals surface area contributed by atoms with E-state index in [1.54, 1.807) is 7.11 Å². The molecule has 0 aromatic heterocycles. The third-order valence-corrected chi connectivity index (χ3v) is 2.40. The zero-order valence-electron chi connectivity index (χ0n) is 9.16. The van der Waals surface area contributed by atoms with Gasteiger partial charge in [0.25, 0.3) is 0 Å². The van der Waals surface area contributed by atoms with Crippen molar-refractivity contribution in [3.63, 3.8) is 0 Å². The first-order valence-electron chi connectivity index (χ1n) is 4.70. The summed E-state index contributed by atoms with van der Waals surface area (Å²) in [6, 6.07) is 12.5. The summed E-state index contributed by atoms with van der Waals surface area (Å²) in [4.78, 5) is 0. The first-order chi connectivity index (χ1) is 6.83.